The number of rotatable bonds is 6. The van der Waals surface area contributed by atoms with Gasteiger partial charge in [0.15, 0.2) is 0 Å². The van der Waals surface area contributed by atoms with Crippen molar-refractivity contribution in [1.29, 1.82) is 0 Å². The molecule has 0 fully saturated rings. The molecule has 1 heterocycles. The lowest BCUT2D eigenvalue weighted by molar-refractivity contribution is -0.137. The van der Waals surface area contributed by atoms with Gasteiger partial charge in [0.1, 0.15) is 5.82 Å². The van der Waals surface area contributed by atoms with E-state index >= 15 is 0 Å². The van der Waals surface area contributed by atoms with Crippen LogP contribution in [0, 0.1) is 0 Å². The lowest BCUT2D eigenvalue weighted by atomic mass is 10.1. The van der Waals surface area contributed by atoms with Gasteiger partial charge in [0.2, 0.25) is 0 Å². The van der Waals surface area contributed by atoms with Crippen LogP contribution in [0.5, 0.6) is 0 Å². The normalized spacial score (nSPS) is 13.4. The van der Waals surface area contributed by atoms with Crippen LogP contribution >= 0.6 is 0 Å². The average molecular weight is 262 g/mol. The summed E-state index contributed by atoms with van der Waals surface area (Å²) in [6.45, 7) is 2.44. The summed E-state index contributed by atoms with van der Waals surface area (Å²) in [5, 5.41) is 2.96. The van der Waals surface area contributed by atoms with Crippen LogP contribution < -0.4 is 5.32 Å². The zero-order valence-electron chi connectivity index (χ0n) is 10.4. The van der Waals surface area contributed by atoms with E-state index in [0.717, 1.165) is 31.2 Å². The molecule has 0 spiro atoms. The monoisotopic (exact) mass is 262 g/mol. The van der Waals surface area contributed by atoms with Crippen LogP contribution in [0.25, 0.3) is 0 Å². The minimum Gasteiger partial charge on any atom is -0.383 e. The number of hydrogen-bond donors (Lipinski definition) is 1. The molecule has 102 valence electrons. The predicted molar refractivity (Wildman–Crippen MR) is 63.4 cm³/mol. The second-order valence-electron chi connectivity index (χ2n) is 4.01. The van der Waals surface area contributed by atoms with E-state index in [1.807, 2.05) is 6.92 Å². The highest BCUT2D eigenvalue weighted by Gasteiger charge is 2.30. The molecule has 1 aromatic heterocycles. The quantitative estimate of drug-likeness (QED) is 0.853. The second kappa shape index (κ2) is 6.58. The third kappa shape index (κ3) is 4.52. The molecule has 1 atom stereocenters. The Bertz CT molecular complexity index is 363. The van der Waals surface area contributed by atoms with E-state index in [-0.39, 0.29) is 11.9 Å². The molecule has 0 radical (unpaired) electrons. The molecule has 0 amide bonds. The van der Waals surface area contributed by atoms with Gasteiger partial charge in [0.05, 0.1) is 18.2 Å². The number of methoxy groups -OCH3 is 1. The molecule has 1 unspecified atom stereocenters. The number of halogens is 3. The molecule has 6 heteroatoms. The van der Waals surface area contributed by atoms with Crippen LogP contribution in [0.4, 0.5) is 19.0 Å². The smallest absolute Gasteiger partial charge is 0.383 e. The Morgan fingerprint density at radius 1 is 1.44 bits per heavy atom. The van der Waals surface area contributed by atoms with E-state index in [4.69, 9.17) is 4.74 Å². The van der Waals surface area contributed by atoms with Crippen LogP contribution in [0.15, 0.2) is 18.3 Å². The fourth-order valence-corrected chi connectivity index (χ4v) is 1.64. The molecule has 1 N–H and O–H groups in total. The fraction of sp³-hybridized carbons (Fsp3) is 0.583. The summed E-state index contributed by atoms with van der Waals surface area (Å²) in [7, 11) is 1.56. The van der Waals surface area contributed by atoms with Gasteiger partial charge >= 0.3 is 6.18 Å². The minimum atomic E-state index is -4.35. The zero-order valence-corrected chi connectivity index (χ0v) is 10.4. The highest BCUT2D eigenvalue weighted by Crippen LogP contribution is 2.30. The third-order valence-corrected chi connectivity index (χ3v) is 2.44. The molecule has 3 nitrogen and oxygen atoms in total. The first kappa shape index (κ1) is 14.8. The van der Waals surface area contributed by atoms with Gasteiger partial charge in [-0.2, -0.15) is 13.2 Å². The Labute approximate surface area is 104 Å². The number of alkyl halides is 3. The number of nitrogens with one attached hydrogen (secondary N) is 1. The van der Waals surface area contributed by atoms with Gasteiger partial charge in [-0.3, -0.25) is 0 Å². The number of hydrogen-bond acceptors (Lipinski definition) is 3. The van der Waals surface area contributed by atoms with Crippen molar-refractivity contribution in [3.05, 3.63) is 23.9 Å². The van der Waals surface area contributed by atoms with E-state index in [1.54, 1.807) is 7.11 Å². The van der Waals surface area contributed by atoms with Gasteiger partial charge in [-0.25, -0.2) is 4.98 Å². The SMILES string of the molecule is CCCC(COC)Nc1cc(C(F)(F)F)ccn1. The first-order valence-electron chi connectivity index (χ1n) is 5.76. The molecule has 0 aliphatic carbocycles. The molecule has 0 aliphatic heterocycles. The van der Waals surface area contributed by atoms with E-state index in [2.05, 4.69) is 10.3 Å². The van der Waals surface area contributed by atoms with Crippen molar-refractivity contribution in [1.82, 2.24) is 4.98 Å². The molecule has 1 aromatic rings. The summed E-state index contributed by atoms with van der Waals surface area (Å²) < 4.78 is 42.6. The molecule has 0 bridgehead atoms. The van der Waals surface area contributed by atoms with Crippen LogP contribution in [0.3, 0.4) is 0 Å². The first-order chi connectivity index (χ1) is 8.47. The molecular weight excluding hydrogens is 245 g/mol. The largest absolute Gasteiger partial charge is 0.416 e. The van der Waals surface area contributed by atoms with Crippen LogP contribution in [0.2, 0.25) is 0 Å². The maximum atomic E-state index is 12.5. The van der Waals surface area contributed by atoms with Gasteiger partial charge in [0, 0.05) is 13.3 Å². The Kier molecular flexibility index (Phi) is 5.40. The van der Waals surface area contributed by atoms with Crippen molar-refractivity contribution >= 4 is 5.82 Å². The van der Waals surface area contributed by atoms with Crippen LogP contribution in [0.1, 0.15) is 25.3 Å². The van der Waals surface area contributed by atoms with Crippen molar-refractivity contribution in [2.24, 2.45) is 0 Å². The Morgan fingerprint density at radius 3 is 2.72 bits per heavy atom. The maximum Gasteiger partial charge on any atom is 0.416 e. The molecule has 18 heavy (non-hydrogen) atoms. The van der Waals surface area contributed by atoms with E-state index in [9.17, 15) is 13.2 Å². The molecule has 1 rings (SSSR count). The Balaban J connectivity index is 2.77. The maximum absolute atomic E-state index is 12.5. The number of ether oxygens (including phenoxy) is 1. The second-order valence-corrected chi connectivity index (χ2v) is 4.01. The number of anilines is 1. The number of aromatic nitrogens is 1. The number of nitrogens with zero attached hydrogens (tertiary/aromatic N) is 1. The minimum absolute atomic E-state index is 0.0315. The topological polar surface area (TPSA) is 34.1 Å². The zero-order chi connectivity index (χ0) is 13.6. The summed E-state index contributed by atoms with van der Waals surface area (Å²) in [6, 6.07) is 1.94. The lowest BCUT2D eigenvalue weighted by Crippen LogP contribution is -2.25. The van der Waals surface area contributed by atoms with Crippen molar-refractivity contribution in [3.8, 4) is 0 Å². The summed E-state index contributed by atoms with van der Waals surface area (Å²) in [5.41, 5.74) is -0.701. The van der Waals surface area contributed by atoms with E-state index < -0.39 is 11.7 Å². The highest BCUT2D eigenvalue weighted by molar-refractivity contribution is 5.39. The molecule has 0 saturated heterocycles. The molecule has 0 aliphatic rings. The highest BCUT2D eigenvalue weighted by atomic mass is 19.4. The molecule has 0 saturated carbocycles. The Hall–Kier alpha value is -1.30. The van der Waals surface area contributed by atoms with Crippen molar-refractivity contribution in [3.63, 3.8) is 0 Å². The fourth-order valence-electron chi connectivity index (χ4n) is 1.64. The predicted octanol–water partition coefficient (Wildman–Crippen LogP) is 3.33. The van der Waals surface area contributed by atoms with Gasteiger partial charge < -0.3 is 10.1 Å². The van der Waals surface area contributed by atoms with Crippen molar-refractivity contribution < 1.29 is 17.9 Å². The summed E-state index contributed by atoms with van der Waals surface area (Å²) in [6.07, 6.45) is -1.46. The van der Waals surface area contributed by atoms with Gasteiger partial charge in [-0.05, 0) is 18.6 Å². The van der Waals surface area contributed by atoms with Crippen molar-refractivity contribution in [2.45, 2.75) is 32.0 Å². The van der Waals surface area contributed by atoms with E-state index in [1.165, 1.54) is 0 Å². The van der Waals surface area contributed by atoms with E-state index in [0.29, 0.717) is 6.61 Å². The standard InChI is InChI=1S/C12H17F3N2O/c1-3-4-10(8-18-2)17-11-7-9(5-6-16-11)12(13,14)15/h5-7,10H,3-4,8H2,1-2H3,(H,16,17). The van der Waals surface area contributed by atoms with Gasteiger partial charge in [-0.1, -0.05) is 13.3 Å². The molecule has 0 aromatic carbocycles. The average Bonchev–Trinajstić information content (AvgIpc) is 2.29. The summed E-state index contributed by atoms with van der Waals surface area (Å²) >= 11 is 0. The number of pyridine rings is 1. The van der Waals surface area contributed by atoms with Gasteiger partial charge in [-0.15, -0.1) is 0 Å². The van der Waals surface area contributed by atoms with Crippen LogP contribution in [-0.2, 0) is 10.9 Å². The summed E-state index contributed by atoms with van der Waals surface area (Å²) in [5.74, 6) is 0.223. The summed E-state index contributed by atoms with van der Waals surface area (Å²) in [4.78, 5) is 3.89. The van der Waals surface area contributed by atoms with Gasteiger partial charge in [0.25, 0.3) is 0 Å². The molecular formula is C12H17F3N2O. The third-order valence-electron chi connectivity index (χ3n) is 2.44. The van der Waals surface area contributed by atoms with Crippen LogP contribution in [-0.4, -0.2) is 24.7 Å². The lowest BCUT2D eigenvalue weighted by Gasteiger charge is -2.18. The first-order valence-corrected chi connectivity index (χ1v) is 5.76. The Morgan fingerprint density at radius 2 is 2.17 bits per heavy atom. The van der Waals surface area contributed by atoms with Crippen molar-refractivity contribution in [2.75, 3.05) is 19.0 Å².